The molecular formula is C21H28N4O. The summed E-state index contributed by atoms with van der Waals surface area (Å²) < 4.78 is 0. The van der Waals surface area contributed by atoms with E-state index in [0.29, 0.717) is 17.7 Å². The smallest absolute Gasteiger partial charge is 0.272 e. The van der Waals surface area contributed by atoms with Crippen molar-refractivity contribution in [2.24, 2.45) is 0 Å². The van der Waals surface area contributed by atoms with Crippen LogP contribution in [0.3, 0.4) is 0 Å². The first-order valence-electron chi connectivity index (χ1n) is 9.49. The Bertz CT molecular complexity index is 803. The molecule has 0 radical (unpaired) electrons. The van der Waals surface area contributed by atoms with Crippen LogP contribution in [0.25, 0.3) is 0 Å². The topological polar surface area (TPSA) is 58.1 Å². The van der Waals surface area contributed by atoms with Crippen molar-refractivity contribution in [3.05, 3.63) is 46.8 Å². The van der Waals surface area contributed by atoms with Gasteiger partial charge in [0.2, 0.25) is 5.95 Å². The monoisotopic (exact) mass is 352 g/mol. The minimum atomic E-state index is 0.0192. The largest absolute Gasteiger partial charge is 0.334 e. The maximum absolute atomic E-state index is 13.0. The predicted octanol–water partition coefficient (Wildman–Crippen LogP) is 4.55. The Morgan fingerprint density at radius 2 is 2.00 bits per heavy atom. The fourth-order valence-corrected chi connectivity index (χ4v) is 3.65. The van der Waals surface area contributed by atoms with Gasteiger partial charge in [0.05, 0.1) is 0 Å². The standard InChI is InChI=1S/C21H28N4O/c1-5-17-8-6-7-11-25(17)20(26)19-13-16(4)22-21(24-19)23-18-10-9-14(2)12-15(18)3/h9-10,12-13,17H,5-8,11H2,1-4H3,(H,22,23,24). The number of aromatic nitrogens is 2. The number of piperidine rings is 1. The molecule has 1 unspecified atom stereocenters. The molecule has 2 aromatic rings. The highest BCUT2D eigenvalue weighted by Crippen LogP contribution is 2.23. The van der Waals surface area contributed by atoms with E-state index >= 15 is 0 Å². The van der Waals surface area contributed by atoms with Gasteiger partial charge in [-0.25, -0.2) is 9.97 Å². The lowest BCUT2D eigenvalue weighted by Gasteiger charge is -2.35. The van der Waals surface area contributed by atoms with Crippen LogP contribution in [0.1, 0.15) is 59.9 Å². The van der Waals surface area contributed by atoms with E-state index in [0.717, 1.165) is 42.8 Å². The summed E-state index contributed by atoms with van der Waals surface area (Å²) >= 11 is 0. The molecule has 1 aromatic heterocycles. The van der Waals surface area contributed by atoms with E-state index in [1.165, 1.54) is 12.0 Å². The number of carbonyl (C=O) groups excluding carboxylic acids is 1. The summed E-state index contributed by atoms with van der Waals surface area (Å²) in [4.78, 5) is 24.0. The summed E-state index contributed by atoms with van der Waals surface area (Å²) in [6.07, 6.45) is 4.34. The molecule has 0 saturated carbocycles. The number of hydrogen-bond donors (Lipinski definition) is 1. The van der Waals surface area contributed by atoms with Crippen LogP contribution in [0.4, 0.5) is 11.6 Å². The zero-order valence-corrected chi connectivity index (χ0v) is 16.2. The third-order valence-electron chi connectivity index (χ3n) is 5.06. The van der Waals surface area contributed by atoms with Gasteiger partial charge in [0.25, 0.3) is 5.91 Å². The lowest BCUT2D eigenvalue weighted by molar-refractivity contribution is 0.0602. The highest BCUT2D eigenvalue weighted by molar-refractivity contribution is 5.93. The molecule has 0 aliphatic carbocycles. The molecule has 3 rings (SSSR count). The number of amides is 1. The van der Waals surface area contributed by atoms with Crippen molar-refractivity contribution >= 4 is 17.5 Å². The van der Waals surface area contributed by atoms with Gasteiger partial charge in [-0.15, -0.1) is 0 Å². The second-order valence-electron chi connectivity index (χ2n) is 7.22. The van der Waals surface area contributed by atoms with Crippen LogP contribution < -0.4 is 5.32 Å². The number of aryl methyl sites for hydroxylation is 3. The third kappa shape index (κ3) is 4.03. The second kappa shape index (κ2) is 7.85. The van der Waals surface area contributed by atoms with Crippen LogP contribution in [0.5, 0.6) is 0 Å². The van der Waals surface area contributed by atoms with E-state index in [-0.39, 0.29) is 5.91 Å². The summed E-state index contributed by atoms with van der Waals surface area (Å²) in [7, 11) is 0. The molecule has 1 saturated heterocycles. The average molecular weight is 352 g/mol. The zero-order chi connectivity index (χ0) is 18.7. The number of nitrogens with zero attached hydrogens (tertiary/aromatic N) is 3. The van der Waals surface area contributed by atoms with Gasteiger partial charge < -0.3 is 10.2 Å². The molecule has 5 heteroatoms. The Morgan fingerprint density at radius 3 is 2.73 bits per heavy atom. The minimum absolute atomic E-state index is 0.0192. The second-order valence-corrected chi connectivity index (χ2v) is 7.22. The molecular weight excluding hydrogens is 324 g/mol. The quantitative estimate of drug-likeness (QED) is 0.877. The molecule has 0 bridgehead atoms. The molecule has 1 aromatic carbocycles. The molecule has 1 fully saturated rings. The maximum Gasteiger partial charge on any atom is 0.272 e. The van der Waals surface area contributed by atoms with Gasteiger partial charge in [0, 0.05) is 24.0 Å². The van der Waals surface area contributed by atoms with Crippen LogP contribution in [-0.4, -0.2) is 33.4 Å². The maximum atomic E-state index is 13.0. The Morgan fingerprint density at radius 1 is 1.19 bits per heavy atom. The summed E-state index contributed by atoms with van der Waals surface area (Å²) in [5.41, 5.74) is 4.57. The fraction of sp³-hybridized carbons (Fsp3) is 0.476. The van der Waals surface area contributed by atoms with Crippen LogP contribution in [0.15, 0.2) is 24.3 Å². The Hall–Kier alpha value is -2.43. The van der Waals surface area contributed by atoms with Crippen molar-refractivity contribution in [3.63, 3.8) is 0 Å². The third-order valence-corrected chi connectivity index (χ3v) is 5.06. The fourth-order valence-electron chi connectivity index (χ4n) is 3.65. The van der Waals surface area contributed by atoms with Crippen LogP contribution >= 0.6 is 0 Å². The van der Waals surface area contributed by atoms with Crippen molar-refractivity contribution in [1.29, 1.82) is 0 Å². The highest BCUT2D eigenvalue weighted by Gasteiger charge is 2.27. The first-order chi connectivity index (χ1) is 12.5. The number of hydrogen-bond acceptors (Lipinski definition) is 4. The van der Waals surface area contributed by atoms with Gasteiger partial charge in [-0.1, -0.05) is 24.6 Å². The summed E-state index contributed by atoms with van der Waals surface area (Å²) in [5.74, 6) is 0.496. The SMILES string of the molecule is CCC1CCCCN1C(=O)c1cc(C)nc(Nc2ccc(C)cc2C)n1. The van der Waals surface area contributed by atoms with Gasteiger partial charge in [-0.2, -0.15) is 0 Å². The molecule has 2 heterocycles. The van der Waals surface area contributed by atoms with E-state index in [2.05, 4.69) is 48.2 Å². The molecule has 1 atom stereocenters. The Labute approximate surface area is 155 Å². The molecule has 26 heavy (non-hydrogen) atoms. The zero-order valence-electron chi connectivity index (χ0n) is 16.2. The number of carbonyl (C=O) groups is 1. The first kappa shape index (κ1) is 18.4. The Balaban J connectivity index is 1.86. The van der Waals surface area contributed by atoms with E-state index < -0.39 is 0 Å². The highest BCUT2D eigenvalue weighted by atomic mass is 16.2. The van der Waals surface area contributed by atoms with Crippen LogP contribution in [0.2, 0.25) is 0 Å². The number of anilines is 2. The van der Waals surface area contributed by atoms with E-state index in [1.807, 2.05) is 17.9 Å². The van der Waals surface area contributed by atoms with Gasteiger partial charge in [0.15, 0.2) is 0 Å². The van der Waals surface area contributed by atoms with Crippen molar-refractivity contribution < 1.29 is 4.79 Å². The molecule has 5 nitrogen and oxygen atoms in total. The van der Waals surface area contributed by atoms with Crippen molar-refractivity contribution in [3.8, 4) is 0 Å². The number of likely N-dealkylation sites (tertiary alicyclic amines) is 1. The number of rotatable bonds is 4. The van der Waals surface area contributed by atoms with Gasteiger partial charge >= 0.3 is 0 Å². The lowest BCUT2D eigenvalue weighted by atomic mass is 9.99. The molecule has 1 N–H and O–H groups in total. The molecule has 1 amide bonds. The Kier molecular flexibility index (Phi) is 5.55. The van der Waals surface area contributed by atoms with Gasteiger partial charge in [-0.3, -0.25) is 4.79 Å². The normalized spacial score (nSPS) is 17.2. The average Bonchev–Trinajstić information content (AvgIpc) is 2.63. The molecule has 1 aliphatic rings. The summed E-state index contributed by atoms with van der Waals surface area (Å²) in [6, 6.07) is 8.30. The van der Waals surface area contributed by atoms with Gasteiger partial charge in [-0.05, 0) is 64.2 Å². The lowest BCUT2D eigenvalue weighted by Crippen LogP contribution is -2.43. The first-order valence-corrected chi connectivity index (χ1v) is 9.49. The van der Waals surface area contributed by atoms with Crippen molar-refractivity contribution in [2.75, 3.05) is 11.9 Å². The predicted molar refractivity (Wildman–Crippen MR) is 105 cm³/mol. The van der Waals surface area contributed by atoms with E-state index in [4.69, 9.17) is 0 Å². The molecule has 0 spiro atoms. The van der Waals surface area contributed by atoms with E-state index in [9.17, 15) is 4.79 Å². The van der Waals surface area contributed by atoms with Gasteiger partial charge in [0.1, 0.15) is 5.69 Å². The molecule has 1 aliphatic heterocycles. The van der Waals surface area contributed by atoms with E-state index in [1.54, 1.807) is 6.07 Å². The molecule has 138 valence electrons. The minimum Gasteiger partial charge on any atom is -0.334 e. The van der Waals surface area contributed by atoms with Crippen molar-refractivity contribution in [2.45, 2.75) is 59.4 Å². The summed E-state index contributed by atoms with van der Waals surface area (Å²) in [6.45, 7) is 8.99. The van der Waals surface area contributed by atoms with Crippen molar-refractivity contribution in [1.82, 2.24) is 14.9 Å². The van der Waals surface area contributed by atoms with Crippen LogP contribution in [-0.2, 0) is 0 Å². The van der Waals surface area contributed by atoms with Crippen LogP contribution in [0, 0.1) is 20.8 Å². The number of benzene rings is 1. The number of nitrogens with one attached hydrogen (secondary N) is 1. The summed E-state index contributed by atoms with van der Waals surface area (Å²) in [5, 5.41) is 3.27.